The Morgan fingerprint density at radius 2 is 2.20 bits per heavy atom. The van der Waals surface area contributed by atoms with Crippen LogP contribution >= 0.6 is 0 Å². The third-order valence-electron chi connectivity index (χ3n) is 1.91. The highest BCUT2D eigenvalue weighted by atomic mass is 19.1. The lowest BCUT2D eigenvalue weighted by atomic mass is 10.0. The van der Waals surface area contributed by atoms with Crippen LogP contribution in [0.2, 0.25) is 0 Å². The van der Waals surface area contributed by atoms with Crippen LogP contribution in [0.3, 0.4) is 0 Å². The lowest BCUT2D eigenvalue weighted by Crippen LogP contribution is -2.06. The highest BCUT2D eigenvalue weighted by Crippen LogP contribution is 2.30. The summed E-state index contributed by atoms with van der Waals surface area (Å²) in [4.78, 5) is 20.4. The maximum absolute atomic E-state index is 13.0. The molecule has 0 aliphatic heterocycles. The molecular formula is C9H8FNO4. The zero-order valence-corrected chi connectivity index (χ0v) is 7.81. The molecule has 1 aromatic rings. The van der Waals surface area contributed by atoms with E-state index in [1.54, 1.807) is 0 Å². The molecule has 0 saturated carbocycles. The Morgan fingerprint density at radius 3 is 2.60 bits per heavy atom. The van der Waals surface area contributed by atoms with Gasteiger partial charge in [-0.1, -0.05) is 6.07 Å². The minimum atomic E-state index is -1.58. The number of aromatic carboxylic acids is 1. The Kier molecular flexibility index (Phi) is 2.99. The standard InChI is InChI=1S/C9H8FNO4/c1-5(10)6-3-2-4-7(9(12)13)8(6)11(14)15/h2-5H,1H3,(H,12,13). The van der Waals surface area contributed by atoms with Gasteiger partial charge in [-0.2, -0.15) is 0 Å². The molecule has 80 valence electrons. The number of carboxylic acid groups (broad SMARTS) is 1. The zero-order valence-electron chi connectivity index (χ0n) is 7.81. The molecule has 1 N–H and O–H groups in total. The SMILES string of the molecule is CC(F)c1cccc(C(=O)O)c1[N+](=O)[O-]. The van der Waals surface area contributed by atoms with Gasteiger partial charge >= 0.3 is 5.97 Å². The van der Waals surface area contributed by atoms with E-state index in [-0.39, 0.29) is 5.56 Å². The Labute approximate surface area is 84.3 Å². The van der Waals surface area contributed by atoms with Crippen LogP contribution in [0, 0.1) is 10.1 Å². The van der Waals surface area contributed by atoms with Gasteiger partial charge in [0.2, 0.25) is 0 Å². The largest absolute Gasteiger partial charge is 0.477 e. The number of nitrogens with zero attached hydrogens (tertiary/aromatic N) is 1. The van der Waals surface area contributed by atoms with Gasteiger partial charge in [0, 0.05) is 0 Å². The summed E-state index contributed by atoms with van der Waals surface area (Å²) in [7, 11) is 0. The molecule has 5 nitrogen and oxygen atoms in total. The summed E-state index contributed by atoms with van der Waals surface area (Å²) in [6.45, 7) is 1.12. The first-order chi connectivity index (χ1) is 6.95. The van der Waals surface area contributed by atoms with Crippen LogP contribution < -0.4 is 0 Å². The van der Waals surface area contributed by atoms with Crippen LogP contribution in [0.4, 0.5) is 10.1 Å². The molecule has 15 heavy (non-hydrogen) atoms. The van der Waals surface area contributed by atoms with Gasteiger partial charge in [0.15, 0.2) is 0 Å². The third-order valence-corrected chi connectivity index (χ3v) is 1.91. The van der Waals surface area contributed by atoms with E-state index < -0.39 is 28.3 Å². The highest BCUT2D eigenvalue weighted by Gasteiger charge is 2.26. The fraction of sp³-hybridized carbons (Fsp3) is 0.222. The molecule has 1 rings (SSSR count). The van der Waals surface area contributed by atoms with E-state index in [9.17, 15) is 19.3 Å². The number of carbonyl (C=O) groups is 1. The molecule has 0 radical (unpaired) electrons. The normalized spacial score (nSPS) is 12.1. The molecular weight excluding hydrogens is 205 g/mol. The Bertz CT molecular complexity index is 417. The Balaban J connectivity index is 3.48. The summed E-state index contributed by atoms with van der Waals surface area (Å²) in [6.07, 6.45) is -1.58. The van der Waals surface area contributed by atoms with Crippen LogP contribution in [0.15, 0.2) is 18.2 Å². The second kappa shape index (κ2) is 4.04. The topological polar surface area (TPSA) is 80.4 Å². The van der Waals surface area contributed by atoms with E-state index in [1.165, 1.54) is 12.1 Å². The van der Waals surface area contributed by atoms with Crippen LogP contribution in [0.5, 0.6) is 0 Å². The molecule has 0 aromatic heterocycles. The molecule has 1 atom stereocenters. The molecule has 0 amide bonds. The number of hydrogen-bond acceptors (Lipinski definition) is 3. The van der Waals surface area contributed by atoms with Gasteiger partial charge < -0.3 is 5.11 Å². The number of nitro benzene ring substituents is 1. The number of hydrogen-bond donors (Lipinski definition) is 1. The van der Waals surface area contributed by atoms with Crippen molar-refractivity contribution in [2.45, 2.75) is 13.1 Å². The molecule has 0 aliphatic carbocycles. The summed E-state index contributed by atoms with van der Waals surface area (Å²) in [5, 5.41) is 19.3. The molecule has 0 fully saturated rings. The highest BCUT2D eigenvalue weighted by molar-refractivity contribution is 5.93. The summed E-state index contributed by atoms with van der Waals surface area (Å²) in [5.74, 6) is -1.44. The first kappa shape index (κ1) is 11.1. The van der Waals surface area contributed by atoms with Crippen LogP contribution in [0.1, 0.15) is 29.0 Å². The third kappa shape index (κ3) is 2.09. The monoisotopic (exact) mass is 213 g/mol. The van der Waals surface area contributed by atoms with Crippen molar-refractivity contribution in [2.75, 3.05) is 0 Å². The van der Waals surface area contributed by atoms with Crippen molar-refractivity contribution >= 4 is 11.7 Å². The number of benzene rings is 1. The van der Waals surface area contributed by atoms with Crippen molar-refractivity contribution in [1.29, 1.82) is 0 Å². The van der Waals surface area contributed by atoms with Gasteiger partial charge in [-0.05, 0) is 19.1 Å². The zero-order chi connectivity index (χ0) is 11.6. The molecule has 1 aromatic carbocycles. The number of para-hydroxylation sites is 1. The first-order valence-electron chi connectivity index (χ1n) is 4.09. The summed E-state index contributed by atoms with van der Waals surface area (Å²) in [5.41, 5.74) is -1.40. The lowest BCUT2D eigenvalue weighted by molar-refractivity contribution is -0.386. The smallest absolute Gasteiger partial charge is 0.342 e. The van der Waals surface area contributed by atoms with Gasteiger partial charge in [0.1, 0.15) is 11.7 Å². The van der Waals surface area contributed by atoms with Gasteiger partial charge in [0.25, 0.3) is 5.69 Å². The molecule has 6 heteroatoms. The van der Waals surface area contributed by atoms with E-state index >= 15 is 0 Å². The minimum absolute atomic E-state index is 0.222. The van der Waals surface area contributed by atoms with Crippen molar-refractivity contribution in [3.63, 3.8) is 0 Å². The molecule has 1 unspecified atom stereocenters. The van der Waals surface area contributed by atoms with Gasteiger partial charge in [0.05, 0.1) is 10.5 Å². The first-order valence-corrected chi connectivity index (χ1v) is 4.09. The Morgan fingerprint density at radius 1 is 1.60 bits per heavy atom. The quantitative estimate of drug-likeness (QED) is 0.617. The predicted molar refractivity (Wildman–Crippen MR) is 49.6 cm³/mol. The van der Waals surface area contributed by atoms with Gasteiger partial charge in [-0.25, -0.2) is 9.18 Å². The van der Waals surface area contributed by atoms with E-state index in [1.807, 2.05) is 0 Å². The second-order valence-electron chi connectivity index (χ2n) is 2.92. The molecule has 0 aliphatic rings. The maximum Gasteiger partial charge on any atom is 0.342 e. The van der Waals surface area contributed by atoms with Crippen LogP contribution in [-0.2, 0) is 0 Å². The van der Waals surface area contributed by atoms with Crippen LogP contribution in [-0.4, -0.2) is 16.0 Å². The average molecular weight is 213 g/mol. The number of nitro groups is 1. The van der Waals surface area contributed by atoms with Gasteiger partial charge in [-0.15, -0.1) is 0 Å². The molecule has 0 saturated heterocycles. The fourth-order valence-corrected chi connectivity index (χ4v) is 1.26. The molecule has 0 bridgehead atoms. The summed E-state index contributed by atoms with van der Waals surface area (Å²) >= 11 is 0. The summed E-state index contributed by atoms with van der Waals surface area (Å²) in [6, 6.07) is 3.56. The molecule has 0 heterocycles. The average Bonchev–Trinajstić information content (AvgIpc) is 2.16. The second-order valence-corrected chi connectivity index (χ2v) is 2.92. The van der Waals surface area contributed by atoms with Crippen molar-refractivity contribution in [2.24, 2.45) is 0 Å². The number of rotatable bonds is 3. The van der Waals surface area contributed by atoms with Crippen molar-refractivity contribution in [3.05, 3.63) is 39.4 Å². The van der Waals surface area contributed by atoms with Gasteiger partial charge in [-0.3, -0.25) is 10.1 Å². The number of alkyl halides is 1. The number of halogens is 1. The fourth-order valence-electron chi connectivity index (χ4n) is 1.26. The predicted octanol–water partition coefficient (Wildman–Crippen LogP) is 2.32. The van der Waals surface area contributed by atoms with E-state index in [4.69, 9.17) is 5.11 Å². The van der Waals surface area contributed by atoms with Crippen molar-refractivity contribution in [3.8, 4) is 0 Å². The minimum Gasteiger partial charge on any atom is -0.477 e. The van der Waals surface area contributed by atoms with E-state index in [0.717, 1.165) is 13.0 Å². The lowest BCUT2D eigenvalue weighted by Gasteiger charge is -2.05. The maximum atomic E-state index is 13.0. The van der Waals surface area contributed by atoms with E-state index in [2.05, 4.69) is 0 Å². The summed E-state index contributed by atoms with van der Waals surface area (Å²) < 4.78 is 13.0. The Hall–Kier alpha value is -1.98. The van der Waals surface area contributed by atoms with Crippen molar-refractivity contribution in [1.82, 2.24) is 0 Å². The van der Waals surface area contributed by atoms with Crippen LogP contribution in [0.25, 0.3) is 0 Å². The van der Waals surface area contributed by atoms with Crippen molar-refractivity contribution < 1.29 is 19.2 Å². The number of carboxylic acids is 1. The van der Waals surface area contributed by atoms with E-state index in [0.29, 0.717) is 0 Å². The molecule has 0 spiro atoms.